The summed E-state index contributed by atoms with van der Waals surface area (Å²) in [6.07, 6.45) is 0. The molecule has 0 spiro atoms. The van der Waals surface area contributed by atoms with Gasteiger partial charge in [-0.1, -0.05) is 31.9 Å². The van der Waals surface area contributed by atoms with E-state index in [-0.39, 0.29) is 4.83 Å². The van der Waals surface area contributed by atoms with Gasteiger partial charge in [0.15, 0.2) is 11.5 Å². The Morgan fingerprint density at radius 2 is 1.60 bits per heavy atom. The van der Waals surface area contributed by atoms with Gasteiger partial charge in [-0.25, -0.2) is 0 Å². The highest BCUT2D eigenvalue weighted by Crippen LogP contribution is 2.45. The number of halogens is 2. The van der Waals surface area contributed by atoms with Crippen molar-refractivity contribution >= 4 is 43.2 Å². The monoisotopic (exact) mass is 420 g/mol. The number of thiophene rings is 1. The lowest BCUT2D eigenvalue weighted by molar-refractivity contribution is 0.354. The number of benzene rings is 1. The van der Waals surface area contributed by atoms with Crippen LogP contribution in [0.1, 0.15) is 15.3 Å². The van der Waals surface area contributed by atoms with E-state index in [4.69, 9.17) is 14.2 Å². The van der Waals surface area contributed by atoms with Gasteiger partial charge in [0.05, 0.1) is 31.0 Å². The molecule has 0 aliphatic heterocycles. The van der Waals surface area contributed by atoms with Crippen LogP contribution in [0.2, 0.25) is 0 Å². The number of rotatable bonds is 5. The molecule has 2 rings (SSSR count). The molecule has 1 atom stereocenters. The van der Waals surface area contributed by atoms with Crippen LogP contribution in [0.5, 0.6) is 17.2 Å². The summed E-state index contributed by atoms with van der Waals surface area (Å²) in [4.78, 5) is 1.13. The summed E-state index contributed by atoms with van der Waals surface area (Å²) in [5.74, 6) is 2.27. The Kier molecular flexibility index (Phi) is 5.35. The van der Waals surface area contributed by atoms with Crippen LogP contribution in [0.3, 0.4) is 0 Å². The van der Waals surface area contributed by atoms with E-state index in [0.29, 0.717) is 11.5 Å². The zero-order chi connectivity index (χ0) is 14.7. The molecule has 0 aliphatic carbocycles. The van der Waals surface area contributed by atoms with Crippen molar-refractivity contribution < 1.29 is 14.2 Å². The van der Waals surface area contributed by atoms with Crippen molar-refractivity contribution in [3.8, 4) is 17.2 Å². The first-order valence-electron chi connectivity index (χ1n) is 5.79. The summed E-state index contributed by atoms with van der Waals surface area (Å²) in [7, 11) is 4.93. The Hall–Kier alpha value is -0.720. The minimum absolute atomic E-state index is 0.0200. The van der Waals surface area contributed by atoms with Crippen LogP contribution in [0.4, 0.5) is 0 Å². The van der Waals surface area contributed by atoms with Gasteiger partial charge in [0.1, 0.15) is 5.75 Å². The molecule has 0 saturated carbocycles. The van der Waals surface area contributed by atoms with Gasteiger partial charge in [-0.2, -0.15) is 0 Å². The third-order valence-corrected chi connectivity index (χ3v) is 5.79. The molecule has 0 N–H and O–H groups in total. The van der Waals surface area contributed by atoms with E-state index in [2.05, 4.69) is 31.9 Å². The minimum atomic E-state index is 0.0200. The highest BCUT2D eigenvalue weighted by atomic mass is 79.9. The molecular formula is C14H14Br2O3S. The molecule has 3 nitrogen and oxygen atoms in total. The van der Waals surface area contributed by atoms with Gasteiger partial charge in [0.2, 0.25) is 0 Å². The Morgan fingerprint density at radius 1 is 1.00 bits per heavy atom. The molecule has 108 valence electrons. The van der Waals surface area contributed by atoms with E-state index >= 15 is 0 Å². The molecule has 0 radical (unpaired) electrons. The van der Waals surface area contributed by atoms with Crippen LogP contribution in [-0.4, -0.2) is 21.3 Å². The summed E-state index contributed by atoms with van der Waals surface area (Å²) >= 11 is 8.96. The second kappa shape index (κ2) is 6.83. The fourth-order valence-corrected chi connectivity index (χ4v) is 4.51. The van der Waals surface area contributed by atoms with Crippen molar-refractivity contribution in [1.29, 1.82) is 0 Å². The van der Waals surface area contributed by atoms with Gasteiger partial charge < -0.3 is 14.2 Å². The van der Waals surface area contributed by atoms with Crippen molar-refractivity contribution in [1.82, 2.24) is 0 Å². The number of ether oxygens (including phenoxy) is 3. The Morgan fingerprint density at radius 3 is 2.20 bits per heavy atom. The first kappa shape index (κ1) is 15.7. The smallest absolute Gasteiger partial charge is 0.161 e. The predicted molar refractivity (Wildman–Crippen MR) is 88.9 cm³/mol. The van der Waals surface area contributed by atoms with Gasteiger partial charge in [-0.05, 0) is 29.1 Å². The fourth-order valence-electron chi connectivity index (χ4n) is 1.87. The maximum atomic E-state index is 5.38. The third-order valence-electron chi connectivity index (χ3n) is 2.88. The van der Waals surface area contributed by atoms with Gasteiger partial charge in [-0.3, -0.25) is 0 Å². The van der Waals surface area contributed by atoms with Crippen LogP contribution >= 0.6 is 43.2 Å². The summed E-state index contributed by atoms with van der Waals surface area (Å²) < 4.78 is 17.0. The molecule has 0 amide bonds. The molecule has 20 heavy (non-hydrogen) atoms. The molecule has 1 aromatic carbocycles. The summed E-state index contributed by atoms with van der Waals surface area (Å²) in [6.45, 7) is 0. The van der Waals surface area contributed by atoms with Crippen LogP contribution in [0.25, 0.3) is 0 Å². The molecule has 1 unspecified atom stereocenters. The molecule has 1 aromatic heterocycles. The quantitative estimate of drug-likeness (QED) is 0.634. The van der Waals surface area contributed by atoms with E-state index in [9.17, 15) is 0 Å². The van der Waals surface area contributed by atoms with E-state index in [1.54, 1.807) is 32.7 Å². The number of hydrogen-bond donors (Lipinski definition) is 0. The number of hydrogen-bond acceptors (Lipinski definition) is 4. The molecule has 6 heteroatoms. The zero-order valence-corrected chi connectivity index (χ0v) is 15.3. The van der Waals surface area contributed by atoms with Crippen molar-refractivity contribution in [3.05, 3.63) is 38.5 Å². The van der Waals surface area contributed by atoms with E-state index in [1.807, 2.05) is 23.6 Å². The van der Waals surface area contributed by atoms with Crippen LogP contribution in [-0.2, 0) is 0 Å². The van der Waals surface area contributed by atoms with Gasteiger partial charge in [0.25, 0.3) is 0 Å². The highest BCUT2D eigenvalue weighted by Gasteiger charge is 2.21. The Balaban J connectivity index is 2.46. The lowest BCUT2D eigenvalue weighted by Crippen LogP contribution is -1.98. The van der Waals surface area contributed by atoms with Crippen molar-refractivity contribution in [3.63, 3.8) is 0 Å². The fraction of sp³-hybridized carbons (Fsp3) is 0.286. The third kappa shape index (κ3) is 2.97. The van der Waals surface area contributed by atoms with Crippen LogP contribution in [0, 0.1) is 0 Å². The second-order valence-electron chi connectivity index (χ2n) is 3.94. The number of methoxy groups -OCH3 is 3. The summed E-state index contributed by atoms with van der Waals surface area (Å²) in [5.41, 5.74) is 1.06. The highest BCUT2D eigenvalue weighted by molar-refractivity contribution is 9.11. The average molecular weight is 422 g/mol. The maximum absolute atomic E-state index is 5.38. The molecule has 0 aliphatic rings. The van der Waals surface area contributed by atoms with Crippen molar-refractivity contribution in [2.75, 3.05) is 21.3 Å². The SMILES string of the molecule is COc1cc(Br)c(C(Br)c2sccc2OC)cc1OC. The summed E-state index contributed by atoms with van der Waals surface area (Å²) in [5, 5.41) is 2.01. The van der Waals surface area contributed by atoms with Gasteiger partial charge in [0, 0.05) is 4.47 Å². The molecular weight excluding hydrogens is 408 g/mol. The van der Waals surface area contributed by atoms with Crippen molar-refractivity contribution in [2.45, 2.75) is 4.83 Å². The Labute approximate surface area is 139 Å². The molecule has 0 saturated heterocycles. The lowest BCUT2D eigenvalue weighted by Gasteiger charge is -2.16. The van der Waals surface area contributed by atoms with E-state index in [1.165, 1.54) is 0 Å². The first-order chi connectivity index (χ1) is 9.62. The average Bonchev–Trinajstić information content (AvgIpc) is 2.94. The molecule has 1 heterocycles. The largest absolute Gasteiger partial charge is 0.496 e. The maximum Gasteiger partial charge on any atom is 0.161 e. The molecule has 2 aromatic rings. The topological polar surface area (TPSA) is 27.7 Å². The predicted octanol–water partition coefficient (Wildman–Crippen LogP) is 5.02. The number of alkyl halides is 1. The second-order valence-corrected chi connectivity index (χ2v) is 6.66. The standard InChI is InChI=1S/C14H14Br2O3S/c1-17-10-4-5-20-14(10)13(16)8-6-11(18-2)12(19-3)7-9(8)15/h4-7,13H,1-3H3. The Bertz CT molecular complexity index is 598. The van der Waals surface area contributed by atoms with Gasteiger partial charge in [-0.15, -0.1) is 11.3 Å². The molecule has 0 bridgehead atoms. The zero-order valence-electron chi connectivity index (χ0n) is 11.3. The van der Waals surface area contributed by atoms with Crippen LogP contribution in [0.15, 0.2) is 28.1 Å². The first-order valence-corrected chi connectivity index (χ1v) is 8.38. The van der Waals surface area contributed by atoms with E-state index in [0.717, 1.165) is 20.7 Å². The molecule has 0 fully saturated rings. The van der Waals surface area contributed by atoms with E-state index < -0.39 is 0 Å². The van der Waals surface area contributed by atoms with Gasteiger partial charge >= 0.3 is 0 Å². The lowest BCUT2D eigenvalue weighted by atomic mass is 10.1. The normalized spacial score (nSPS) is 12.1. The summed E-state index contributed by atoms with van der Waals surface area (Å²) in [6, 6.07) is 5.83. The minimum Gasteiger partial charge on any atom is -0.496 e. The van der Waals surface area contributed by atoms with Crippen LogP contribution < -0.4 is 14.2 Å². The van der Waals surface area contributed by atoms with Crippen molar-refractivity contribution in [2.24, 2.45) is 0 Å².